The van der Waals surface area contributed by atoms with Crippen LogP contribution in [0.2, 0.25) is 0 Å². The summed E-state index contributed by atoms with van der Waals surface area (Å²) in [5.74, 6) is -0.761. The fraction of sp³-hybridized carbons (Fsp3) is 0.333. The fourth-order valence-electron chi connectivity index (χ4n) is 1.63. The first-order valence-electron chi connectivity index (χ1n) is 6.36. The second-order valence-corrected chi connectivity index (χ2v) is 6.41. The van der Waals surface area contributed by atoms with Gasteiger partial charge in [0.15, 0.2) is 10.3 Å². The predicted molar refractivity (Wildman–Crippen MR) is 81.7 cm³/mol. The van der Waals surface area contributed by atoms with Crippen LogP contribution in [0.4, 0.5) is 10.3 Å². The molecule has 3 rings (SSSR count). The molecule has 2 aromatic rings. The van der Waals surface area contributed by atoms with Crippen molar-refractivity contribution in [1.82, 2.24) is 9.97 Å². The SMILES string of the molecule is NC(=O)Cc1csc(NC(=O)c2csc(NC3CC3)n2)n1. The van der Waals surface area contributed by atoms with Gasteiger partial charge in [-0.3, -0.25) is 14.9 Å². The van der Waals surface area contributed by atoms with Crippen molar-refractivity contribution in [3.8, 4) is 0 Å². The molecule has 2 aromatic heterocycles. The second kappa shape index (κ2) is 5.78. The summed E-state index contributed by atoms with van der Waals surface area (Å²) in [6, 6.07) is 0.502. The van der Waals surface area contributed by atoms with Gasteiger partial charge in [-0.1, -0.05) is 0 Å². The molecule has 0 aromatic carbocycles. The van der Waals surface area contributed by atoms with E-state index in [4.69, 9.17) is 5.73 Å². The molecule has 0 spiro atoms. The number of carbonyl (C=O) groups is 2. The molecule has 1 aliphatic rings. The molecule has 9 heteroatoms. The Kier molecular flexibility index (Phi) is 3.84. The number of anilines is 2. The molecule has 110 valence electrons. The van der Waals surface area contributed by atoms with Crippen LogP contribution in [0.3, 0.4) is 0 Å². The first-order valence-corrected chi connectivity index (χ1v) is 8.12. The van der Waals surface area contributed by atoms with Gasteiger partial charge in [-0.25, -0.2) is 9.97 Å². The van der Waals surface area contributed by atoms with Gasteiger partial charge in [-0.15, -0.1) is 22.7 Å². The van der Waals surface area contributed by atoms with E-state index in [1.807, 2.05) is 0 Å². The molecule has 2 heterocycles. The molecule has 1 fully saturated rings. The van der Waals surface area contributed by atoms with Crippen LogP contribution in [0.15, 0.2) is 10.8 Å². The lowest BCUT2D eigenvalue weighted by Crippen LogP contribution is -2.15. The topological polar surface area (TPSA) is 110 Å². The summed E-state index contributed by atoms with van der Waals surface area (Å²) in [4.78, 5) is 31.2. The zero-order valence-electron chi connectivity index (χ0n) is 11.0. The molecule has 21 heavy (non-hydrogen) atoms. The third-order valence-corrected chi connectivity index (χ3v) is 4.35. The van der Waals surface area contributed by atoms with Crippen LogP contribution in [0.25, 0.3) is 0 Å². The second-order valence-electron chi connectivity index (χ2n) is 4.70. The molecule has 4 N–H and O–H groups in total. The minimum atomic E-state index is -0.450. The number of nitrogens with zero attached hydrogens (tertiary/aromatic N) is 2. The molecule has 0 saturated heterocycles. The zero-order chi connectivity index (χ0) is 14.8. The van der Waals surface area contributed by atoms with Crippen molar-refractivity contribution in [1.29, 1.82) is 0 Å². The zero-order valence-corrected chi connectivity index (χ0v) is 12.6. The van der Waals surface area contributed by atoms with Crippen LogP contribution in [0.5, 0.6) is 0 Å². The lowest BCUT2D eigenvalue weighted by molar-refractivity contribution is -0.117. The third kappa shape index (κ3) is 3.76. The summed E-state index contributed by atoms with van der Waals surface area (Å²) in [5, 5.41) is 10.5. The number of primary amides is 1. The Hall–Kier alpha value is -2.00. The summed E-state index contributed by atoms with van der Waals surface area (Å²) < 4.78 is 0. The first-order chi connectivity index (χ1) is 10.1. The first kappa shape index (κ1) is 14.0. The Balaban J connectivity index is 1.60. The van der Waals surface area contributed by atoms with Crippen LogP contribution in [0, 0.1) is 0 Å². The van der Waals surface area contributed by atoms with Crippen molar-refractivity contribution >= 4 is 44.8 Å². The standard InChI is InChI=1S/C12H13N5O2S2/c13-9(18)3-7-4-20-12(15-7)17-10(19)8-5-21-11(16-8)14-6-1-2-6/h4-6H,1-3H2,(H2,13,18)(H,14,16)(H,15,17,19). The molecule has 0 radical (unpaired) electrons. The number of nitrogens with one attached hydrogen (secondary N) is 2. The number of aromatic nitrogens is 2. The highest BCUT2D eigenvalue weighted by Crippen LogP contribution is 2.27. The number of carbonyl (C=O) groups excluding carboxylic acids is 2. The summed E-state index contributed by atoms with van der Waals surface area (Å²) >= 11 is 2.66. The molecular weight excluding hydrogens is 310 g/mol. The maximum absolute atomic E-state index is 12.0. The van der Waals surface area contributed by atoms with Crippen molar-refractivity contribution in [2.45, 2.75) is 25.3 Å². The van der Waals surface area contributed by atoms with E-state index in [2.05, 4.69) is 20.6 Å². The van der Waals surface area contributed by atoms with Gasteiger partial charge in [0, 0.05) is 16.8 Å². The van der Waals surface area contributed by atoms with E-state index in [9.17, 15) is 9.59 Å². The maximum Gasteiger partial charge on any atom is 0.276 e. The normalized spacial score (nSPS) is 13.9. The minimum absolute atomic E-state index is 0.0680. The van der Waals surface area contributed by atoms with Gasteiger partial charge in [-0.05, 0) is 12.8 Å². The van der Waals surface area contributed by atoms with Crippen LogP contribution in [0.1, 0.15) is 29.0 Å². The van der Waals surface area contributed by atoms with Crippen molar-refractivity contribution < 1.29 is 9.59 Å². The lowest BCUT2D eigenvalue weighted by Gasteiger charge is -1.98. The van der Waals surface area contributed by atoms with Gasteiger partial charge < -0.3 is 11.1 Å². The Labute approximate surface area is 128 Å². The minimum Gasteiger partial charge on any atom is -0.369 e. The van der Waals surface area contributed by atoms with E-state index in [0.717, 1.165) is 18.0 Å². The third-order valence-electron chi connectivity index (χ3n) is 2.77. The number of hydrogen-bond donors (Lipinski definition) is 3. The van der Waals surface area contributed by atoms with Gasteiger partial charge in [0.05, 0.1) is 12.1 Å². The van der Waals surface area contributed by atoms with Crippen LogP contribution in [-0.4, -0.2) is 27.8 Å². The Morgan fingerprint density at radius 1 is 1.24 bits per heavy atom. The molecular formula is C12H13N5O2S2. The van der Waals surface area contributed by atoms with Crippen molar-refractivity contribution in [3.05, 3.63) is 22.1 Å². The number of rotatable bonds is 6. The molecule has 7 nitrogen and oxygen atoms in total. The average molecular weight is 323 g/mol. The lowest BCUT2D eigenvalue weighted by atomic mass is 10.3. The van der Waals surface area contributed by atoms with E-state index in [-0.39, 0.29) is 12.3 Å². The highest BCUT2D eigenvalue weighted by atomic mass is 32.1. The van der Waals surface area contributed by atoms with Crippen LogP contribution < -0.4 is 16.4 Å². The van der Waals surface area contributed by atoms with E-state index in [1.165, 1.54) is 22.7 Å². The highest BCUT2D eigenvalue weighted by molar-refractivity contribution is 7.14. The Bertz CT molecular complexity index is 677. The van der Waals surface area contributed by atoms with E-state index in [0.29, 0.717) is 22.6 Å². The quantitative estimate of drug-likeness (QED) is 0.745. The van der Waals surface area contributed by atoms with Crippen LogP contribution in [-0.2, 0) is 11.2 Å². The smallest absolute Gasteiger partial charge is 0.276 e. The Morgan fingerprint density at radius 2 is 2.00 bits per heavy atom. The summed E-state index contributed by atoms with van der Waals surface area (Å²) in [7, 11) is 0. The fourth-order valence-corrected chi connectivity index (χ4v) is 3.11. The summed E-state index contributed by atoms with van der Waals surface area (Å²) in [6.07, 6.45) is 2.38. The number of nitrogens with two attached hydrogens (primary N) is 1. The number of amides is 2. The molecule has 1 saturated carbocycles. The van der Waals surface area contributed by atoms with Gasteiger partial charge >= 0.3 is 0 Å². The van der Waals surface area contributed by atoms with Crippen LogP contribution >= 0.6 is 22.7 Å². The molecule has 1 aliphatic carbocycles. The van der Waals surface area contributed by atoms with E-state index in [1.54, 1.807) is 10.8 Å². The number of hydrogen-bond acceptors (Lipinski definition) is 7. The molecule has 0 aliphatic heterocycles. The summed E-state index contributed by atoms with van der Waals surface area (Å²) in [5.41, 5.74) is 6.01. The van der Waals surface area contributed by atoms with Gasteiger partial charge in [0.1, 0.15) is 5.69 Å². The molecule has 0 bridgehead atoms. The van der Waals surface area contributed by atoms with Crippen molar-refractivity contribution in [2.24, 2.45) is 5.73 Å². The Morgan fingerprint density at radius 3 is 2.71 bits per heavy atom. The van der Waals surface area contributed by atoms with Gasteiger partial charge in [-0.2, -0.15) is 0 Å². The number of thiazole rings is 2. The maximum atomic E-state index is 12.0. The molecule has 0 unspecified atom stereocenters. The average Bonchev–Trinajstić information content (AvgIpc) is 2.92. The highest BCUT2D eigenvalue weighted by Gasteiger charge is 2.22. The van der Waals surface area contributed by atoms with Crippen molar-refractivity contribution in [3.63, 3.8) is 0 Å². The summed E-state index contributed by atoms with van der Waals surface area (Å²) in [6.45, 7) is 0. The van der Waals surface area contributed by atoms with Crippen molar-refractivity contribution in [2.75, 3.05) is 10.6 Å². The van der Waals surface area contributed by atoms with E-state index >= 15 is 0 Å². The van der Waals surface area contributed by atoms with Gasteiger partial charge in [0.2, 0.25) is 5.91 Å². The monoisotopic (exact) mass is 323 g/mol. The largest absolute Gasteiger partial charge is 0.369 e. The van der Waals surface area contributed by atoms with Gasteiger partial charge in [0.25, 0.3) is 5.91 Å². The molecule has 2 amide bonds. The van der Waals surface area contributed by atoms with E-state index < -0.39 is 5.91 Å². The molecule has 0 atom stereocenters. The predicted octanol–water partition coefficient (Wildman–Crippen LogP) is 1.45.